The molecule has 4 aliphatic rings. The van der Waals surface area contributed by atoms with E-state index >= 15 is 0 Å². The Hall–Kier alpha value is -2.17. The summed E-state index contributed by atoms with van der Waals surface area (Å²) in [5, 5.41) is 3.18. The van der Waals surface area contributed by atoms with Crippen molar-refractivity contribution in [3.63, 3.8) is 0 Å². The molecule has 1 aromatic carbocycles. The first-order chi connectivity index (χ1) is 12.5. The summed E-state index contributed by atoms with van der Waals surface area (Å²) in [6, 6.07) is 5.78. The van der Waals surface area contributed by atoms with Crippen LogP contribution in [0.5, 0.6) is 0 Å². The molecule has 5 rings (SSSR count). The molecule has 4 bridgehead atoms. The molecule has 0 radical (unpaired) electrons. The van der Waals surface area contributed by atoms with Gasteiger partial charge in [0.05, 0.1) is 0 Å². The van der Waals surface area contributed by atoms with Crippen LogP contribution < -0.4 is 5.32 Å². The molecular formula is C21H24FNO3. The smallest absolute Gasteiger partial charge is 0.331 e. The maximum Gasteiger partial charge on any atom is 0.331 e. The number of ether oxygens (including phenoxy) is 1. The molecule has 138 valence electrons. The fraction of sp³-hybridized carbons (Fsp3) is 0.524. The van der Waals surface area contributed by atoms with Crippen molar-refractivity contribution >= 4 is 18.0 Å². The predicted molar refractivity (Wildman–Crippen MR) is 95.4 cm³/mol. The largest absolute Gasteiger partial charge is 0.452 e. The van der Waals surface area contributed by atoms with Gasteiger partial charge in [0.25, 0.3) is 5.91 Å². The molecule has 26 heavy (non-hydrogen) atoms. The Labute approximate surface area is 152 Å². The average Bonchev–Trinajstić information content (AvgIpc) is 2.58. The van der Waals surface area contributed by atoms with Gasteiger partial charge in [0, 0.05) is 11.6 Å². The zero-order chi connectivity index (χ0) is 18.1. The summed E-state index contributed by atoms with van der Waals surface area (Å²) in [4.78, 5) is 24.1. The van der Waals surface area contributed by atoms with Gasteiger partial charge in [-0.1, -0.05) is 12.1 Å². The van der Waals surface area contributed by atoms with Crippen LogP contribution in [0.4, 0.5) is 4.39 Å². The summed E-state index contributed by atoms with van der Waals surface area (Å²) in [6.45, 7) is -0.256. The molecule has 4 saturated carbocycles. The van der Waals surface area contributed by atoms with E-state index in [0.717, 1.165) is 37.0 Å². The molecule has 0 atom stereocenters. The summed E-state index contributed by atoms with van der Waals surface area (Å²) in [6.07, 6.45) is 9.97. The molecule has 0 aromatic heterocycles. The molecule has 1 amide bonds. The number of esters is 1. The van der Waals surface area contributed by atoms with Crippen molar-refractivity contribution in [3.8, 4) is 0 Å². The van der Waals surface area contributed by atoms with Crippen LogP contribution in [-0.2, 0) is 14.3 Å². The van der Waals surface area contributed by atoms with Gasteiger partial charge in [0.1, 0.15) is 5.82 Å². The number of carbonyl (C=O) groups is 2. The van der Waals surface area contributed by atoms with Gasteiger partial charge >= 0.3 is 5.97 Å². The number of carbonyl (C=O) groups excluding carboxylic acids is 2. The number of hydrogen-bond acceptors (Lipinski definition) is 3. The van der Waals surface area contributed by atoms with Gasteiger partial charge in [0.2, 0.25) is 0 Å². The van der Waals surface area contributed by atoms with Gasteiger partial charge in [0.15, 0.2) is 6.61 Å². The van der Waals surface area contributed by atoms with E-state index in [-0.39, 0.29) is 23.9 Å². The molecule has 5 heteroatoms. The maximum atomic E-state index is 12.8. The summed E-state index contributed by atoms with van der Waals surface area (Å²) in [5.74, 6) is 1.14. The van der Waals surface area contributed by atoms with Crippen LogP contribution >= 0.6 is 0 Å². The summed E-state index contributed by atoms with van der Waals surface area (Å²) >= 11 is 0. The first-order valence-corrected chi connectivity index (χ1v) is 9.41. The average molecular weight is 357 g/mol. The Bertz CT molecular complexity index is 690. The van der Waals surface area contributed by atoms with Gasteiger partial charge in [-0.25, -0.2) is 9.18 Å². The second-order valence-electron chi connectivity index (χ2n) is 8.24. The SMILES string of the molecule is O=C(COC(=O)C=Cc1ccc(F)cc1)NC12CC3CC(CC(C3)C1)C2. The third kappa shape index (κ3) is 3.81. The zero-order valence-corrected chi connectivity index (χ0v) is 14.7. The second-order valence-corrected chi connectivity index (χ2v) is 8.24. The van der Waals surface area contributed by atoms with Crippen LogP contribution in [-0.4, -0.2) is 24.0 Å². The lowest BCUT2D eigenvalue weighted by Gasteiger charge is -2.56. The fourth-order valence-corrected chi connectivity index (χ4v) is 5.52. The minimum atomic E-state index is -0.574. The lowest BCUT2D eigenvalue weighted by Crippen LogP contribution is -2.60. The van der Waals surface area contributed by atoms with Crippen molar-refractivity contribution in [2.24, 2.45) is 17.8 Å². The Balaban J connectivity index is 1.26. The highest BCUT2D eigenvalue weighted by Crippen LogP contribution is 2.55. The molecule has 4 nitrogen and oxygen atoms in total. The van der Waals surface area contributed by atoms with E-state index in [2.05, 4.69) is 5.32 Å². The summed E-state index contributed by atoms with van der Waals surface area (Å²) < 4.78 is 17.9. The Morgan fingerprint density at radius 1 is 1.08 bits per heavy atom. The lowest BCUT2D eigenvalue weighted by molar-refractivity contribution is -0.145. The molecule has 0 unspecified atom stereocenters. The van der Waals surface area contributed by atoms with Crippen molar-refractivity contribution in [3.05, 3.63) is 41.7 Å². The van der Waals surface area contributed by atoms with Crippen LogP contribution in [0, 0.1) is 23.6 Å². The molecule has 0 spiro atoms. The van der Waals surface area contributed by atoms with Crippen LogP contribution in [0.15, 0.2) is 30.3 Å². The molecule has 0 heterocycles. The number of halogens is 1. The number of amides is 1. The molecule has 0 aliphatic heterocycles. The Kier molecular flexibility index (Phi) is 4.55. The Morgan fingerprint density at radius 3 is 2.23 bits per heavy atom. The van der Waals surface area contributed by atoms with Gasteiger partial charge in [-0.15, -0.1) is 0 Å². The van der Waals surface area contributed by atoms with Crippen molar-refractivity contribution < 1.29 is 18.7 Å². The van der Waals surface area contributed by atoms with Gasteiger partial charge in [-0.05, 0) is 80.1 Å². The van der Waals surface area contributed by atoms with Crippen LogP contribution in [0.3, 0.4) is 0 Å². The van der Waals surface area contributed by atoms with E-state index in [1.54, 1.807) is 18.2 Å². The van der Waals surface area contributed by atoms with Gasteiger partial charge in [-0.3, -0.25) is 4.79 Å². The third-order valence-electron chi connectivity index (χ3n) is 6.07. The van der Waals surface area contributed by atoms with Crippen molar-refractivity contribution in [1.82, 2.24) is 5.32 Å². The number of nitrogens with one attached hydrogen (secondary N) is 1. The third-order valence-corrected chi connectivity index (χ3v) is 6.07. The van der Waals surface area contributed by atoms with E-state index in [1.165, 1.54) is 37.5 Å². The highest BCUT2D eigenvalue weighted by atomic mass is 19.1. The van der Waals surface area contributed by atoms with E-state index in [0.29, 0.717) is 5.56 Å². The normalized spacial score (nSPS) is 32.0. The Morgan fingerprint density at radius 2 is 1.65 bits per heavy atom. The van der Waals surface area contributed by atoms with E-state index in [9.17, 15) is 14.0 Å². The fourth-order valence-electron chi connectivity index (χ4n) is 5.52. The molecule has 1 aromatic rings. The van der Waals surface area contributed by atoms with E-state index < -0.39 is 5.97 Å². The van der Waals surface area contributed by atoms with Gasteiger partial charge < -0.3 is 10.1 Å². The second kappa shape index (κ2) is 6.86. The van der Waals surface area contributed by atoms with Crippen LogP contribution in [0.2, 0.25) is 0 Å². The highest BCUT2D eigenvalue weighted by Gasteiger charge is 2.51. The van der Waals surface area contributed by atoms with Crippen LogP contribution in [0.1, 0.15) is 44.1 Å². The zero-order valence-electron chi connectivity index (χ0n) is 14.7. The highest BCUT2D eigenvalue weighted by molar-refractivity contribution is 5.89. The predicted octanol–water partition coefficient (Wildman–Crippen LogP) is 3.47. The minimum Gasteiger partial charge on any atom is -0.452 e. The quantitative estimate of drug-likeness (QED) is 0.648. The minimum absolute atomic E-state index is 0.0673. The first-order valence-electron chi connectivity index (χ1n) is 9.41. The van der Waals surface area contributed by atoms with Gasteiger partial charge in [-0.2, -0.15) is 0 Å². The molecule has 1 N–H and O–H groups in total. The molecular weight excluding hydrogens is 333 g/mol. The maximum absolute atomic E-state index is 12.8. The van der Waals surface area contributed by atoms with Crippen molar-refractivity contribution in [2.45, 2.75) is 44.1 Å². The number of hydrogen-bond donors (Lipinski definition) is 1. The molecule has 4 aliphatic carbocycles. The molecule has 0 saturated heterocycles. The van der Waals surface area contributed by atoms with Crippen molar-refractivity contribution in [2.75, 3.05) is 6.61 Å². The lowest BCUT2D eigenvalue weighted by atomic mass is 9.53. The van der Waals surface area contributed by atoms with Crippen molar-refractivity contribution in [1.29, 1.82) is 0 Å². The summed E-state index contributed by atoms with van der Waals surface area (Å²) in [7, 11) is 0. The van der Waals surface area contributed by atoms with E-state index in [1.807, 2.05) is 0 Å². The number of benzene rings is 1. The first kappa shape index (κ1) is 17.3. The molecule has 4 fully saturated rings. The summed E-state index contributed by atoms with van der Waals surface area (Å²) in [5.41, 5.74) is 0.628. The van der Waals surface area contributed by atoms with Crippen LogP contribution in [0.25, 0.3) is 6.08 Å². The van der Waals surface area contributed by atoms with E-state index in [4.69, 9.17) is 4.74 Å². The monoisotopic (exact) mass is 357 g/mol. The number of rotatable bonds is 5. The standard InChI is InChI=1S/C21H24FNO3/c22-18-4-1-14(2-5-18)3-6-20(25)26-13-19(24)23-21-10-15-7-16(11-21)9-17(8-15)12-21/h1-6,15-17H,7-13H2,(H,23,24). The topological polar surface area (TPSA) is 55.4 Å².